The van der Waals surface area contributed by atoms with Gasteiger partial charge in [-0.3, -0.25) is 14.5 Å². The van der Waals surface area contributed by atoms with E-state index < -0.39 is 12.0 Å². The Kier molecular flexibility index (Phi) is 7.29. The summed E-state index contributed by atoms with van der Waals surface area (Å²) in [5, 5.41) is 9.15. The number of allylic oxidation sites excluding steroid dienone is 3. The lowest BCUT2D eigenvalue weighted by atomic mass is 9.97. The molecule has 1 aromatic carbocycles. The Balaban J connectivity index is 2.11. The zero-order valence-electron chi connectivity index (χ0n) is 15.6. The van der Waals surface area contributed by atoms with E-state index in [1.165, 1.54) is 10.5 Å². The molecule has 1 aliphatic heterocycles. The molecule has 0 spiro atoms. The molecule has 1 fully saturated rings. The van der Waals surface area contributed by atoms with Crippen molar-refractivity contribution in [2.45, 2.75) is 45.1 Å². The predicted octanol–water partition coefficient (Wildman–Crippen LogP) is 3.67. The van der Waals surface area contributed by atoms with E-state index in [4.69, 9.17) is 5.11 Å². The Morgan fingerprint density at radius 3 is 2.37 bits per heavy atom. The summed E-state index contributed by atoms with van der Waals surface area (Å²) in [5.41, 5.74) is 2.13. The number of hydrogen-bond donors (Lipinski definition) is 1. The molecule has 142 valence electrons. The normalized spacial score (nSPS) is 16.2. The summed E-state index contributed by atoms with van der Waals surface area (Å²) >= 11 is 0. The third kappa shape index (κ3) is 5.78. The zero-order chi connectivity index (χ0) is 19.8. The van der Waals surface area contributed by atoms with Gasteiger partial charge in [-0.05, 0) is 25.3 Å². The fraction of sp³-hybridized carbons (Fsp3) is 0.318. The van der Waals surface area contributed by atoms with Crippen molar-refractivity contribution in [2.24, 2.45) is 0 Å². The maximum atomic E-state index is 12.1. The van der Waals surface area contributed by atoms with Crippen molar-refractivity contribution < 1.29 is 19.5 Å². The zero-order valence-corrected chi connectivity index (χ0v) is 15.6. The van der Waals surface area contributed by atoms with Gasteiger partial charge in [0, 0.05) is 30.9 Å². The largest absolute Gasteiger partial charge is 0.478 e. The van der Waals surface area contributed by atoms with Gasteiger partial charge in [0.1, 0.15) is 0 Å². The molecule has 1 N–H and O–H groups in total. The Morgan fingerprint density at radius 1 is 1.19 bits per heavy atom. The smallest absolute Gasteiger partial charge is 0.331 e. The molecule has 0 bridgehead atoms. The highest BCUT2D eigenvalue weighted by molar-refractivity contribution is 6.02. The van der Waals surface area contributed by atoms with E-state index >= 15 is 0 Å². The molecule has 1 saturated heterocycles. The van der Waals surface area contributed by atoms with E-state index in [0.29, 0.717) is 6.42 Å². The lowest BCUT2D eigenvalue weighted by Crippen LogP contribution is -2.40. The molecular weight excluding hydrogens is 342 g/mol. The number of rotatable bonds is 9. The lowest BCUT2D eigenvalue weighted by molar-refractivity contribution is -0.142. The van der Waals surface area contributed by atoms with Gasteiger partial charge >= 0.3 is 5.97 Å². The number of carbonyl (C=O) groups is 3. The minimum absolute atomic E-state index is 0.00350. The number of aliphatic carboxylic acids is 1. The minimum atomic E-state index is -1.11. The van der Waals surface area contributed by atoms with Gasteiger partial charge < -0.3 is 5.11 Å². The second kappa shape index (κ2) is 9.67. The van der Waals surface area contributed by atoms with Gasteiger partial charge in [0.2, 0.25) is 11.8 Å². The Labute approximate surface area is 159 Å². The summed E-state index contributed by atoms with van der Waals surface area (Å²) in [6.07, 6.45) is 7.53. The molecule has 0 radical (unpaired) electrons. The minimum Gasteiger partial charge on any atom is -0.478 e. The van der Waals surface area contributed by atoms with Crippen molar-refractivity contribution >= 4 is 17.8 Å². The van der Waals surface area contributed by atoms with Crippen LogP contribution in [0.1, 0.15) is 38.2 Å². The van der Waals surface area contributed by atoms with Crippen molar-refractivity contribution in [1.82, 2.24) is 4.90 Å². The van der Waals surface area contributed by atoms with Crippen LogP contribution in [0, 0.1) is 0 Å². The number of benzene rings is 1. The van der Waals surface area contributed by atoms with Crippen molar-refractivity contribution in [3.05, 3.63) is 71.8 Å². The fourth-order valence-electron chi connectivity index (χ4n) is 3.14. The highest BCUT2D eigenvalue weighted by atomic mass is 16.4. The second-order valence-electron chi connectivity index (χ2n) is 6.58. The highest BCUT2D eigenvalue weighted by Gasteiger charge is 2.35. The van der Waals surface area contributed by atoms with E-state index in [9.17, 15) is 14.4 Å². The molecule has 1 aromatic rings. The Bertz CT molecular complexity index is 761. The number of carboxylic acids is 1. The Hall–Kier alpha value is -2.95. The molecule has 5 nitrogen and oxygen atoms in total. The van der Waals surface area contributed by atoms with Crippen molar-refractivity contribution in [1.29, 1.82) is 0 Å². The van der Waals surface area contributed by atoms with Crippen molar-refractivity contribution in [3.63, 3.8) is 0 Å². The molecule has 1 heterocycles. The molecule has 2 amide bonds. The van der Waals surface area contributed by atoms with Gasteiger partial charge in [-0.2, -0.15) is 0 Å². The third-order valence-electron chi connectivity index (χ3n) is 4.61. The van der Waals surface area contributed by atoms with Crippen LogP contribution >= 0.6 is 0 Å². The number of likely N-dealkylation sites (tertiary alicyclic amines) is 1. The first-order valence-electron chi connectivity index (χ1n) is 9.04. The van der Waals surface area contributed by atoms with Gasteiger partial charge in [0.05, 0.1) is 0 Å². The maximum Gasteiger partial charge on any atom is 0.331 e. The number of carboxylic acid groups (broad SMARTS) is 1. The molecular formula is C22H25NO4. The van der Waals surface area contributed by atoms with Crippen LogP contribution in [0.15, 0.2) is 66.3 Å². The van der Waals surface area contributed by atoms with Gasteiger partial charge in [-0.25, -0.2) is 4.79 Å². The van der Waals surface area contributed by atoms with E-state index in [1.54, 1.807) is 0 Å². The molecule has 0 unspecified atom stereocenters. The quantitative estimate of drug-likeness (QED) is 0.410. The molecule has 5 heteroatoms. The first kappa shape index (κ1) is 20.4. The van der Waals surface area contributed by atoms with Gasteiger partial charge in [-0.1, -0.05) is 60.7 Å². The van der Waals surface area contributed by atoms with Gasteiger partial charge in [0.15, 0.2) is 0 Å². The summed E-state index contributed by atoms with van der Waals surface area (Å²) in [7, 11) is 0. The summed E-state index contributed by atoms with van der Waals surface area (Å²) in [6.45, 7) is 5.45. The predicted molar refractivity (Wildman–Crippen MR) is 104 cm³/mol. The summed E-state index contributed by atoms with van der Waals surface area (Å²) in [4.78, 5) is 36.7. The number of hydrogen-bond acceptors (Lipinski definition) is 3. The highest BCUT2D eigenvalue weighted by Crippen LogP contribution is 2.25. The molecule has 1 atom stereocenters. The summed E-state index contributed by atoms with van der Waals surface area (Å²) in [5.74, 6) is -1.60. The molecule has 27 heavy (non-hydrogen) atoms. The van der Waals surface area contributed by atoms with Gasteiger partial charge in [-0.15, -0.1) is 0 Å². The molecule has 0 aromatic heterocycles. The van der Waals surface area contributed by atoms with Crippen LogP contribution in [0.3, 0.4) is 0 Å². The molecule has 0 aliphatic carbocycles. The summed E-state index contributed by atoms with van der Waals surface area (Å²) < 4.78 is 0. The summed E-state index contributed by atoms with van der Waals surface area (Å²) in [6, 6.07) is 9.50. The number of nitrogens with zero attached hydrogens (tertiary/aromatic N) is 1. The van der Waals surface area contributed by atoms with Crippen LogP contribution in [-0.4, -0.2) is 33.8 Å². The standard InChI is InChI=1S/C22H25NO4/c1-3-17(10-7-11-18-8-5-4-6-9-18)15-19(14-16(2)22(26)27)23-20(24)12-13-21(23)25/h3-10,19H,2,11-15H2,1H3,(H,26,27)/b10-7-,17-3+/t19-/m0/s1. The fourth-order valence-corrected chi connectivity index (χ4v) is 3.14. The van der Waals surface area contributed by atoms with Crippen LogP contribution in [-0.2, 0) is 20.8 Å². The van der Waals surface area contributed by atoms with Crippen LogP contribution in [0.5, 0.6) is 0 Å². The van der Waals surface area contributed by atoms with Crippen LogP contribution in [0.4, 0.5) is 0 Å². The molecule has 0 saturated carbocycles. The van der Waals surface area contributed by atoms with Crippen molar-refractivity contribution in [3.8, 4) is 0 Å². The van der Waals surface area contributed by atoms with Crippen LogP contribution in [0.25, 0.3) is 0 Å². The Morgan fingerprint density at radius 2 is 1.81 bits per heavy atom. The average Bonchev–Trinajstić information content (AvgIpc) is 2.99. The van der Waals surface area contributed by atoms with Crippen molar-refractivity contribution in [2.75, 3.05) is 0 Å². The molecule has 1 aliphatic rings. The average molecular weight is 367 g/mol. The van der Waals surface area contributed by atoms with E-state index in [0.717, 1.165) is 12.0 Å². The lowest BCUT2D eigenvalue weighted by Gasteiger charge is -2.27. The maximum absolute atomic E-state index is 12.1. The van der Waals surface area contributed by atoms with E-state index in [1.807, 2.05) is 55.5 Å². The number of carbonyl (C=O) groups excluding carboxylic acids is 2. The number of imide groups is 1. The van der Waals surface area contributed by atoms with Crippen LogP contribution < -0.4 is 0 Å². The topological polar surface area (TPSA) is 74.7 Å². The van der Waals surface area contributed by atoms with E-state index in [2.05, 4.69) is 6.58 Å². The van der Waals surface area contributed by atoms with E-state index in [-0.39, 0.29) is 36.6 Å². The first-order chi connectivity index (χ1) is 12.9. The van der Waals surface area contributed by atoms with Gasteiger partial charge in [0.25, 0.3) is 0 Å². The first-order valence-corrected chi connectivity index (χ1v) is 9.04. The number of amides is 2. The second-order valence-corrected chi connectivity index (χ2v) is 6.58. The molecule has 2 rings (SSSR count). The SMILES string of the molecule is C=C(C[C@@H](CC(/C=C\Cc1ccccc1)=C/C)N1C(=O)CCC1=O)C(=O)O. The van der Waals surface area contributed by atoms with Crippen LogP contribution in [0.2, 0.25) is 0 Å². The monoisotopic (exact) mass is 367 g/mol. The third-order valence-corrected chi connectivity index (χ3v) is 4.61.